The Kier molecular flexibility index (Phi) is 4.28. The van der Waals surface area contributed by atoms with Crippen molar-refractivity contribution in [3.63, 3.8) is 0 Å². The lowest BCUT2D eigenvalue weighted by molar-refractivity contribution is -0.131. The van der Waals surface area contributed by atoms with Crippen molar-refractivity contribution in [1.29, 1.82) is 0 Å². The Balaban J connectivity index is 2.01. The van der Waals surface area contributed by atoms with Gasteiger partial charge in [0.05, 0.1) is 0 Å². The van der Waals surface area contributed by atoms with E-state index < -0.39 is 0 Å². The van der Waals surface area contributed by atoms with E-state index in [0.717, 1.165) is 19.5 Å². The van der Waals surface area contributed by atoms with Crippen LogP contribution in [-0.4, -0.2) is 53.0 Å². The van der Waals surface area contributed by atoms with Crippen molar-refractivity contribution in [2.24, 2.45) is 5.73 Å². The molecule has 0 saturated carbocycles. The molecule has 0 aromatic carbocycles. The largest absolute Gasteiger partial charge is 0.341 e. The summed E-state index contributed by atoms with van der Waals surface area (Å²) in [5.41, 5.74) is 5.73. The summed E-state index contributed by atoms with van der Waals surface area (Å²) in [6.45, 7) is 8.26. The molecule has 104 valence electrons. The maximum absolute atomic E-state index is 12.1. The highest BCUT2D eigenvalue weighted by Gasteiger charge is 2.39. The summed E-state index contributed by atoms with van der Waals surface area (Å²) in [7, 11) is 0. The number of rotatable bonds is 3. The number of hydrogen-bond acceptors (Lipinski definition) is 3. The highest BCUT2D eigenvalue weighted by atomic mass is 16.2. The zero-order chi connectivity index (χ0) is 13.3. The molecule has 2 fully saturated rings. The van der Waals surface area contributed by atoms with E-state index in [9.17, 15) is 4.79 Å². The lowest BCUT2D eigenvalue weighted by Gasteiger charge is -2.32. The van der Waals surface area contributed by atoms with Crippen molar-refractivity contribution in [3.8, 4) is 0 Å². The summed E-state index contributed by atoms with van der Waals surface area (Å²) < 4.78 is 0. The third kappa shape index (κ3) is 2.86. The number of hydrogen-bond donors (Lipinski definition) is 1. The SMILES string of the molecule is CC(N)CC(=O)N1CCC2CCC(C1)N2C(C)C. The van der Waals surface area contributed by atoms with Crippen molar-refractivity contribution in [1.82, 2.24) is 9.80 Å². The minimum atomic E-state index is -0.0286. The minimum absolute atomic E-state index is 0.0286. The predicted octanol–water partition coefficient (Wildman–Crippen LogP) is 1.20. The Morgan fingerprint density at radius 2 is 1.89 bits per heavy atom. The third-order valence-corrected chi connectivity index (χ3v) is 4.29. The molecule has 3 atom stereocenters. The van der Waals surface area contributed by atoms with Crippen LogP contribution in [0.2, 0.25) is 0 Å². The van der Waals surface area contributed by atoms with E-state index in [4.69, 9.17) is 5.73 Å². The predicted molar refractivity (Wildman–Crippen MR) is 73.2 cm³/mol. The Labute approximate surface area is 110 Å². The molecule has 0 aromatic heterocycles. The van der Waals surface area contributed by atoms with Gasteiger partial charge in [0.1, 0.15) is 0 Å². The van der Waals surface area contributed by atoms with Crippen molar-refractivity contribution in [2.45, 2.75) is 70.6 Å². The van der Waals surface area contributed by atoms with Gasteiger partial charge in [0, 0.05) is 43.7 Å². The molecular weight excluding hydrogens is 226 g/mol. The van der Waals surface area contributed by atoms with Crippen LogP contribution < -0.4 is 5.73 Å². The van der Waals surface area contributed by atoms with Crippen LogP contribution in [0, 0.1) is 0 Å². The maximum Gasteiger partial charge on any atom is 0.224 e. The van der Waals surface area contributed by atoms with Gasteiger partial charge in [-0.25, -0.2) is 0 Å². The Bertz CT molecular complexity index is 303. The standard InChI is InChI=1S/C14H27N3O/c1-10(2)17-12-4-5-13(17)9-16(7-6-12)14(18)8-11(3)15/h10-13H,4-9,15H2,1-3H3. The molecule has 0 spiro atoms. The molecule has 2 aliphatic rings. The zero-order valence-corrected chi connectivity index (χ0v) is 11.9. The minimum Gasteiger partial charge on any atom is -0.341 e. The number of carbonyl (C=O) groups excluding carboxylic acids is 1. The van der Waals surface area contributed by atoms with Gasteiger partial charge in [0.25, 0.3) is 0 Å². The van der Waals surface area contributed by atoms with Gasteiger partial charge >= 0.3 is 0 Å². The van der Waals surface area contributed by atoms with Crippen LogP contribution in [0.4, 0.5) is 0 Å². The number of amides is 1. The van der Waals surface area contributed by atoms with Crippen molar-refractivity contribution in [3.05, 3.63) is 0 Å². The van der Waals surface area contributed by atoms with Crippen LogP contribution in [0.1, 0.15) is 46.5 Å². The first-order valence-corrected chi connectivity index (χ1v) is 7.29. The van der Waals surface area contributed by atoms with Crippen LogP contribution in [0.5, 0.6) is 0 Å². The molecule has 3 unspecified atom stereocenters. The molecule has 4 heteroatoms. The first-order chi connectivity index (χ1) is 8.49. The molecule has 2 N–H and O–H groups in total. The monoisotopic (exact) mass is 253 g/mol. The first kappa shape index (κ1) is 13.8. The molecular formula is C14H27N3O. The number of nitrogens with zero attached hydrogens (tertiary/aromatic N) is 2. The van der Waals surface area contributed by atoms with Gasteiger partial charge in [-0.05, 0) is 40.0 Å². The second-order valence-corrected chi connectivity index (χ2v) is 6.24. The van der Waals surface area contributed by atoms with Crippen LogP contribution in [0.3, 0.4) is 0 Å². The van der Waals surface area contributed by atoms with Crippen LogP contribution in [-0.2, 0) is 4.79 Å². The number of fused-ring (bicyclic) bond motifs is 2. The molecule has 0 radical (unpaired) electrons. The fourth-order valence-electron chi connectivity index (χ4n) is 3.58. The summed E-state index contributed by atoms with van der Waals surface area (Å²) in [4.78, 5) is 16.8. The highest BCUT2D eigenvalue weighted by molar-refractivity contribution is 5.76. The first-order valence-electron chi connectivity index (χ1n) is 7.29. The number of carbonyl (C=O) groups is 1. The molecule has 0 aromatic rings. The van der Waals surface area contributed by atoms with Crippen molar-refractivity contribution >= 4 is 5.91 Å². The average Bonchev–Trinajstić information content (AvgIpc) is 2.52. The summed E-state index contributed by atoms with van der Waals surface area (Å²) in [5.74, 6) is 0.237. The number of likely N-dealkylation sites (tertiary alicyclic amines) is 1. The average molecular weight is 253 g/mol. The fraction of sp³-hybridized carbons (Fsp3) is 0.929. The van der Waals surface area contributed by atoms with Crippen molar-refractivity contribution < 1.29 is 4.79 Å². The van der Waals surface area contributed by atoms with Crippen LogP contribution >= 0.6 is 0 Å². The topological polar surface area (TPSA) is 49.6 Å². The summed E-state index contributed by atoms with van der Waals surface area (Å²) in [6.07, 6.45) is 4.15. The molecule has 1 amide bonds. The van der Waals surface area contributed by atoms with Crippen LogP contribution in [0.25, 0.3) is 0 Å². The summed E-state index contributed by atoms with van der Waals surface area (Å²) >= 11 is 0. The molecule has 2 rings (SSSR count). The smallest absolute Gasteiger partial charge is 0.224 e. The normalized spacial score (nSPS) is 30.6. The molecule has 2 bridgehead atoms. The molecule has 4 nitrogen and oxygen atoms in total. The molecule has 2 heterocycles. The third-order valence-electron chi connectivity index (χ3n) is 4.29. The Hall–Kier alpha value is -0.610. The van der Waals surface area contributed by atoms with Gasteiger partial charge < -0.3 is 10.6 Å². The van der Waals surface area contributed by atoms with Gasteiger partial charge in [-0.15, -0.1) is 0 Å². The Morgan fingerprint density at radius 3 is 2.50 bits per heavy atom. The quantitative estimate of drug-likeness (QED) is 0.822. The zero-order valence-electron chi connectivity index (χ0n) is 11.9. The van der Waals surface area contributed by atoms with E-state index in [1.807, 2.05) is 11.8 Å². The lowest BCUT2D eigenvalue weighted by Crippen LogP contribution is -2.44. The lowest BCUT2D eigenvalue weighted by atomic mass is 10.1. The van der Waals surface area contributed by atoms with Crippen LogP contribution in [0.15, 0.2) is 0 Å². The van der Waals surface area contributed by atoms with Crippen molar-refractivity contribution in [2.75, 3.05) is 13.1 Å². The van der Waals surface area contributed by atoms with Gasteiger partial charge in [0.15, 0.2) is 0 Å². The molecule has 0 aliphatic carbocycles. The summed E-state index contributed by atoms with van der Waals surface area (Å²) in [5, 5.41) is 0. The van der Waals surface area contributed by atoms with E-state index in [1.165, 1.54) is 12.8 Å². The molecule has 18 heavy (non-hydrogen) atoms. The molecule has 2 saturated heterocycles. The second kappa shape index (κ2) is 5.57. The fourth-order valence-corrected chi connectivity index (χ4v) is 3.58. The van der Waals surface area contributed by atoms with Gasteiger partial charge in [0.2, 0.25) is 5.91 Å². The van der Waals surface area contributed by atoms with E-state index in [2.05, 4.69) is 18.7 Å². The van der Waals surface area contributed by atoms with Gasteiger partial charge in [-0.2, -0.15) is 0 Å². The Morgan fingerprint density at radius 1 is 1.22 bits per heavy atom. The van der Waals surface area contributed by atoms with E-state index in [1.54, 1.807) is 0 Å². The molecule has 2 aliphatic heterocycles. The maximum atomic E-state index is 12.1. The van der Waals surface area contributed by atoms with E-state index >= 15 is 0 Å². The number of nitrogens with two attached hydrogens (primary N) is 1. The van der Waals surface area contributed by atoms with E-state index in [0.29, 0.717) is 24.5 Å². The highest BCUT2D eigenvalue weighted by Crippen LogP contribution is 2.32. The van der Waals surface area contributed by atoms with E-state index in [-0.39, 0.29) is 11.9 Å². The second-order valence-electron chi connectivity index (χ2n) is 6.24. The van der Waals surface area contributed by atoms with Gasteiger partial charge in [-0.1, -0.05) is 0 Å². The summed E-state index contributed by atoms with van der Waals surface area (Å²) in [6, 6.07) is 1.81. The van der Waals surface area contributed by atoms with Gasteiger partial charge in [-0.3, -0.25) is 9.69 Å².